The smallest absolute Gasteiger partial charge is 0.128 e. The molecule has 0 aliphatic heterocycles. The van der Waals surface area contributed by atoms with E-state index in [2.05, 4.69) is 35.3 Å². The van der Waals surface area contributed by atoms with Crippen molar-refractivity contribution in [3.63, 3.8) is 0 Å². The summed E-state index contributed by atoms with van der Waals surface area (Å²) in [6.07, 6.45) is 0. The number of aromatic hydroxyl groups is 1. The van der Waals surface area contributed by atoms with Gasteiger partial charge in [-0.25, -0.2) is 9.97 Å². The standard InChI is InChI=1S/C17H11NOS.C17H11NS2.Zn/c2*19-14-10-9-11-5-1-2-6-12(11)16(14)17-18-13-7-3-4-8-15(13)20-17;/h2*1-10,19H;/p-1. The van der Waals surface area contributed by atoms with E-state index < -0.39 is 0 Å². The SMILES string of the molecule is Oc1ccc2ccccc2c1-c1nc2ccccc2s1.[S-]c1ccc2ccccc2c1-c1nc2ccccc2s1.[Zn]. The Kier molecular flexibility index (Phi) is 7.78. The van der Waals surface area contributed by atoms with Crippen LogP contribution in [0, 0.1) is 0 Å². The predicted molar refractivity (Wildman–Crippen MR) is 172 cm³/mol. The molecule has 41 heavy (non-hydrogen) atoms. The van der Waals surface area contributed by atoms with E-state index in [0.717, 1.165) is 52.5 Å². The Bertz CT molecular complexity index is 1950. The number of benzene rings is 6. The maximum absolute atomic E-state index is 10.3. The second kappa shape index (κ2) is 11.6. The number of hydrogen-bond acceptors (Lipinski definition) is 6. The monoisotopic (exact) mass is 633 g/mol. The first kappa shape index (κ1) is 27.4. The molecular weight excluding hydrogens is 614 g/mol. The van der Waals surface area contributed by atoms with Crippen LogP contribution in [0.15, 0.2) is 126 Å². The summed E-state index contributed by atoms with van der Waals surface area (Å²) in [5.74, 6) is 0.280. The fraction of sp³-hybridized carbons (Fsp3) is 0. The molecule has 0 unspecified atom stereocenters. The van der Waals surface area contributed by atoms with Crippen LogP contribution < -0.4 is 0 Å². The van der Waals surface area contributed by atoms with Crippen LogP contribution >= 0.6 is 22.7 Å². The Morgan fingerprint density at radius 3 is 1.56 bits per heavy atom. The van der Waals surface area contributed by atoms with Gasteiger partial charge in [-0.2, -0.15) is 4.90 Å². The molecule has 0 radical (unpaired) electrons. The molecule has 0 aliphatic carbocycles. The van der Waals surface area contributed by atoms with E-state index in [1.807, 2.05) is 84.9 Å². The van der Waals surface area contributed by atoms with Crippen LogP contribution in [0.3, 0.4) is 0 Å². The van der Waals surface area contributed by atoms with Gasteiger partial charge in [0.1, 0.15) is 15.8 Å². The van der Waals surface area contributed by atoms with Gasteiger partial charge in [-0.3, -0.25) is 0 Å². The third kappa shape index (κ3) is 5.23. The molecule has 1 N–H and O–H groups in total. The molecule has 194 valence electrons. The first-order valence-corrected chi connectivity index (χ1v) is 14.8. The molecule has 3 nitrogen and oxygen atoms in total. The molecule has 0 saturated carbocycles. The third-order valence-electron chi connectivity index (χ3n) is 6.81. The van der Waals surface area contributed by atoms with Gasteiger partial charge in [-0.05, 0) is 57.4 Å². The van der Waals surface area contributed by atoms with Crippen LogP contribution in [-0.2, 0) is 32.1 Å². The molecule has 0 atom stereocenters. The van der Waals surface area contributed by atoms with Crippen molar-refractivity contribution >= 4 is 77.3 Å². The number of hydrogen-bond donors (Lipinski definition) is 1. The van der Waals surface area contributed by atoms with Gasteiger partial charge in [-0.15, -0.1) is 22.7 Å². The zero-order valence-corrected chi connectivity index (χ0v) is 27.2. The summed E-state index contributed by atoms with van der Waals surface area (Å²) in [7, 11) is 0. The van der Waals surface area contributed by atoms with Crippen LogP contribution in [0.1, 0.15) is 0 Å². The minimum atomic E-state index is 0. The van der Waals surface area contributed by atoms with Crippen molar-refractivity contribution in [3.8, 4) is 26.9 Å². The summed E-state index contributed by atoms with van der Waals surface area (Å²) < 4.78 is 2.33. The van der Waals surface area contributed by atoms with E-state index in [1.54, 1.807) is 28.7 Å². The quantitative estimate of drug-likeness (QED) is 0.152. The van der Waals surface area contributed by atoms with Gasteiger partial charge >= 0.3 is 0 Å². The fourth-order valence-electron chi connectivity index (χ4n) is 4.92. The predicted octanol–water partition coefficient (Wildman–Crippen LogP) is 9.84. The van der Waals surface area contributed by atoms with E-state index in [-0.39, 0.29) is 25.2 Å². The summed E-state index contributed by atoms with van der Waals surface area (Å²) in [5, 5.41) is 16.7. The molecule has 2 heterocycles. The van der Waals surface area contributed by atoms with Crippen LogP contribution in [-0.4, -0.2) is 15.1 Å². The number of para-hydroxylation sites is 2. The molecule has 8 aromatic rings. The molecule has 7 heteroatoms. The number of aromatic nitrogens is 2. The van der Waals surface area contributed by atoms with Gasteiger partial charge in [0.25, 0.3) is 0 Å². The van der Waals surface area contributed by atoms with Gasteiger partial charge in [0.05, 0.1) is 26.0 Å². The van der Waals surface area contributed by atoms with Crippen LogP contribution in [0.25, 0.3) is 63.1 Å². The molecule has 0 fully saturated rings. The second-order valence-corrected chi connectivity index (χ2v) is 11.8. The summed E-state index contributed by atoms with van der Waals surface area (Å²) >= 11 is 8.84. The molecule has 2 aromatic heterocycles. The first-order chi connectivity index (χ1) is 19.7. The van der Waals surface area contributed by atoms with Gasteiger partial charge in [0, 0.05) is 19.5 Å². The first-order valence-electron chi connectivity index (χ1n) is 12.8. The van der Waals surface area contributed by atoms with Crippen molar-refractivity contribution in [2.24, 2.45) is 0 Å². The van der Waals surface area contributed by atoms with Crippen molar-refractivity contribution in [2.45, 2.75) is 4.90 Å². The van der Waals surface area contributed by atoms with Gasteiger partial charge in [-0.1, -0.05) is 91.0 Å². The van der Waals surface area contributed by atoms with E-state index in [4.69, 9.17) is 17.6 Å². The number of phenols is 1. The van der Waals surface area contributed by atoms with Gasteiger partial charge in [0.15, 0.2) is 0 Å². The second-order valence-electron chi connectivity index (χ2n) is 9.31. The molecule has 0 aliphatic rings. The van der Waals surface area contributed by atoms with Crippen molar-refractivity contribution in [1.82, 2.24) is 9.97 Å². The molecule has 0 amide bonds. The van der Waals surface area contributed by atoms with Crippen molar-refractivity contribution in [3.05, 3.63) is 121 Å². The van der Waals surface area contributed by atoms with Crippen molar-refractivity contribution in [1.29, 1.82) is 0 Å². The molecule has 6 aromatic carbocycles. The zero-order chi connectivity index (χ0) is 27.1. The van der Waals surface area contributed by atoms with E-state index in [1.165, 1.54) is 15.5 Å². The number of phenolic OH excluding ortho intramolecular Hbond substituents is 1. The molecule has 0 saturated heterocycles. The van der Waals surface area contributed by atoms with Crippen LogP contribution in [0.4, 0.5) is 0 Å². The van der Waals surface area contributed by atoms with Crippen LogP contribution in [0.2, 0.25) is 0 Å². The van der Waals surface area contributed by atoms with E-state index in [9.17, 15) is 5.11 Å². The third-order valence-corrected chi connectivity index (χ3v) is 9.26. The minimum absolute atomic E-state index is 0. The number of thiazole rings is 2. The zero-order valence-electron chi connectivity index (χ0n) is 21.8. The average Bonchev–Trinajstić information content (AvgIpc) is 3.61. The summed E-state index contributed by atoms with van der Waals surface area (Å²) in [6, 6.07) is 40.4. The molecule has 0 spiro atoms. The maximum Gasteiger partial charge on any atom is 0.128 e. The van der Waals surface area contributed by atoms with Gasteiger partial charge < -0.3 is 17.7 Å². The van der Waals surface area contributed by atoms with Gasteiger partial charge in [0.2, 0.25) is 0 Å². The Labute approximate surface area is 263 Å². The number of rotatable bonds is 2. The number of fused-ring (bicyclic) bond motifs is 4. The topological polar surface area (TPSA) is 46.0 Å². The summed E-state index contributed by atoms with van der Waals surface area (Å²) in [4.78, 5) is 10.3. The maximum atomic E-state index is 10.3. The Morgan fingerprint density at radius 2 is 0.976 bits per heavy atom. The largest absolute Gasteiger partial charge is 0.779 e. The minimum Gasteiger partial charge on any atom is -0.779 e. The Balaban J connectivity index is 0.000000144. The Morgan fingerprint density at radius 1 is 0.512 bits per heavy atom. The molecule has 8 rings (SSSR count). The fourth-order valence-corrected chi connectivity index (χ4v) is 7.33. The summed E-state index contributed by atoms with van der Waals surface area (Å²) in [6.45, 7) is 0. The number of nitrogens with zero attached hydrogens (tertiary/aromatic N) is 2. The normalized spacial score (nSPS) is 10.9. The van der Waals surface area contributed by atoms with Crippen LogP contribution in [0.5, 0.6) is 5.75 Å². The molecular formula is C34H21N2OS3Zn-. The van der Waals surface area contributed by atoms with Crippen molar-refractivity contribution in [2.75, 3.05) is 0 Å². The van der Waals surface area contributed by atoms with E-state index in [0.29, 0.717) is 0 Å². The van der Waals surface area contributed by atoms with Crippen molar-refractivity contribution < 1.29 is 24.6 Å². The Hall–Kier alpha value is -3.74. The van der Waals surface area contributed by atoms with E-state index >= 15 is 0 Å². The summed E-state index contributed by atoms with van der Waals surface area (Å²) in [5.41, 5.74) is 3.92. The average molecular weight is 635 g/mol. The molecule has 0 bridgehead atoms.